The first-order valence-electron chi connectivity index (χ1n) is 6.76. The van der Waals surface area contributed by atoms with Crippen molar-refractivity contribution < 1.29 is 14.3 Å². The highest BCUT2D eigenvalue weighted by Crippen LogP contribution is 2.52. The fourth-order valence-corrected chi connectivity index (χ4v) is 4.38. The molecule has 1 saturated carbocycles. The van der Waals surface area contributed by atoms with Gasteiger partial charge in [-0.15, -0.1) is 0 Å². The van der Waals surface area contributed by atoms with Gasteiger partial charge in [-0.05, 0) is 36.6 Å². The molecular formula is C15H12Cl2O3. The number of hydrogen-bond acceptors (Lipinski definition) is 3. The normalized spacial score (nSPS) is 38.6. The number of benzene rings is 1. The number of Topliss-reactive ketones (excluding diaryl/α,β-unsaturated/α-hetero) is 2. The molecule has 104 valence electrons. The van der Waals surface area contributed by atoms with Crippen LogP contribution >= 0.6 is 23.2 Å². The van der Waals surface area contributed by atoms with Gasteiger partial charge >= 0.3 is 0 Å². The first kappa shape index (κ1) is 12.8. The average Bonchev–Trinajstić information content (AvgIpc) is 3.08. The van der Waals surface area contributed by atoms with Crippen LogP contribution in [0, 0.1) is 11.8 Å². The second-order valence-electron chi connectivity index (χ2n) is 5.75. The van der Waals surface area contributed by atoms with Crippen molar-refractivity contribution in [2.75, 3.05) is 0 Å². The maximum Gasteiger partial charge on any atom is 0.154 e. The summed E-state index contributed by atoms with van der Waals surface area (Å²) >= 11 is 12.1. The van der Waals surface area contributed by atoms with Gasteiger partial charge in [0, 0.05) is 10.0 Å². The Bertz CT molecular complexity index is 600. The van der Waals surface area contributed by atoms with Crippen molar-refractivity contribution in [2.45, 2.75) is 31.0 Å². The van der Waals surface area contributed by atoms with Gasteiger partial charge in [0.1, 0.15) is 5.92 Å². The second-order valence-corrected chi connectivity index (χ2v) is 6.59. The lowest BCUT2D eigenvalue weighted by atomic mass is 9.81. The van der Waals surface area contributed by atoms with E-state index in [1.807, 2.05) is 0 Å². The first-order valence-corrected chi connectivity index (χ1v) is 7.51. The molecule has 1 aliphatic carbocycles. The zero-order valence-corrected chi connectivity index (χ0v) is 12.0. The molecule has 1 aromatic rings. The van der Waals surface area contributed by atoms with Gasteiger partial charge in [-0.2, -0.15) is 0 Å². The van der Waals surface area contributed by atoms with Crippen LogP contribution in [0.3, 0.4) is 0 Å². The van der Waals surface area contributed by atoms with Crippen molar-refractivity contribution >= 4 is 34.8 Å². The highest BCUT2D eigenvalue weighted by atomic mass is 35.5. The zero-order valence-electron chi connectivity index (χ0n) is 10.5. The molecule has 3 aliphatic rings. The van der Waals surface area contributed by atoms with Crippen LogP contribution in [0.25, 0.3) is 0 Å². The molecule has 2 bridgehead atoms. The van der Waals surface area contributed by atoms with E-state index in [1.54, 1.807) is 18.2 Å². The number of carbonyl (C=O) groups excluding carboxylic acids is 2. The summed E-state index contributed by atoms with van der Waals surface area (Å²) < 4.78 is 5.72. The van der Waals surface area contributed by atoms with Crippen LogP contribution in [-0.4, -0.2) is 23.8 Å². The molecule has 1 unspecified atom stereocenters. The third-order valence-corrected chi connectivity index (χ3v) is 5.35. The molecule has 5 heteroatoms. The number of halogens is 2. The zero-order chi connectivity index (χ0) is 14.0. The Morgan fingerprint density at radius 1 is 1.00 bits per heavy atom. The molecule has 2 saturated heterocycles. The van der Waals surface area contributed by atoms with Crippen LogP contribution in [0.1, 0.15) is 24.3 Å². The number of fused-ring (bicyclic) bond motifs is 5. The van der Waals surface area contributed by atoms with Crippen LogP contribution in [-0.2, 0) is 14.3 Å². The summed E-state index contributed by atoms with van der Waals surface area (Å²) in [6, 6.07) is 4.93. The van der Waals surface area contributed by atoms with Crippen LogP contribution in [0.15, 0.2) is 18.2 Å². The molecule has 0 spiro atoms. The van der Waals surface area contributed by atoms with Crippen LogP contribution < -0.4 is 0 Å². The number of ketones is 2. The standard InChI is InChI=1S/C15H12Cl2O3/c16-6-1-2-8(17)7(5-6)11-14(18)12-9-3-4-10(20-9)13(12)15(11)19/h1-2,5,9-13H,3-4H2/t9-,10+,11?,12-,13+. The van der Waals surface area contributed by atoms with E-state index in [9.17, 15) is 9.59 Å². The van der Waals surface area contributed by atoms with Gasteiger partial charge in [-0.3, -0.25) is 9.59 Å². The van der Waals surface area contributed by atoms with Crippen molar-refractivity contribution in [1.82, 2.24) is 0 Å². The lowest BCUT2D eigenvalue weighted by Gasteiger charge is -2.16. The van der Waals surface area contributed by atoms with Crippen molar-refractivity contribution in [3.63, 3.8) is 0 Å². The van der Waals surface area contributed by atoms with E-state index in [-0.39, 0.29) is 35.6 Å². The molecule has 20 heavy (non-hydrogen) atoms. The number of hydrogen-bond donors (Lipinski definition) is 0. The summed E-state index contributed by atoms with van der Waals surface area (Å²) in [5.41, 5.74) is 0.544. The molecule has 2 aliphatic heterocycles. The van der Waals surface area contributed by atoms with Gasteiger partial charge in [0.05, 0.1) is 24.0 Å². The number of carbonyl (C=O) groups is 2. The highest BCUT2D eigenvalue weighted by Gasteiger charge is 2.63. The summed E-state index contributed by atoms with van der Waals surface area (Å²) in [6.45, 7) is 0. The predicted octanol–water partition coefficient (Wildman–Crippen LogP) is 3.02. The van der Waals surface area contributed by atoms with Crippen molar-refractivity contribution in [3.8, 4) is 0 Å². The molecule has 0 amide bonds. The predicted molar refractivity (Wildman–Crippen MR) is 74.1 cm³/mol. The van der Waals surface area contributed by atoms with Gasteiger partial charge in [-0.1, -0.05) is 23.2 Å². The smallest absolute Gasteiger partial charge is 0.154 e. The van der Waals surface area contributed by atoms with Gasteiger partial charge in [-0.25, -0.2) is 0 Å². The van der Waals surface area contributed by atoms with Gasteiger partial charge in [0.25, 0.3) is 0 Å². The highest BCUT2D eigenvalue weighted by molar-refractivity contribution is 6.34. The molecule has 0 aromatic heterocycles. The molecule has 2 heterocycles. The summed E-state index contributed by atoms with van der Waals surface area (Å²) in [7, 11) is 0. The van der Waals surface area contributed by atoms with E-state index >= 15 is 0 Å². The minimum absolute atomic E-state index is 0.0450. The van der Waals surface area contributed by atoms with Crippen LogP contribution in [0.4, 0.5) is 0 Å². The van der Waals surface area contributed by atoms with Crippen molar-refractivity contribution in [1.29, 1.82) is 0 Å². The van der Waals surface area contributed by atoms with E-state index in [4.69, 9.17) is 27.9 Å². The Kier molecular flexibility index (Phi) is 2.75. The third kappa shape index (κ3) is 1.57. The van der Waals surface area contributed by atoms with Crippen LogP contribution in [0.2, 0.25) is 10.0 Å². The Labute approximate surface area is 126 Å². The Morgan fingerprint density at radius 3 is 2.20 bits per heavy atom. The van der Waals surface area contributed by atoms with Crippen LogP contribution in [0.5, 0.6) is 0 Å². The largest absolute Gasteiger partial charge is 0.373 e. The fraction of sp³-hybridized carbons (Fsp3) is 0.467. The Balaban J connectivity index is 1.79. The Hall–Kier alpha value is -0.900. The quantitative estimate of drug-likeness (QED) is 0.749. The van der Waals surface area contributed by atoms with Gasteiger partial charge in [0.15, 0.2) is 11.6 Å². The van der Waals surface area contributed by atoms with Crippen molar-refractivity contribution in [3.05, 3.63) is 33.8 Å². The molecule has 0 N–H and O–H groups in total. The minimum atomic E-state index is -0.761. The summed E-state index contributed by atoms with van der Waals surface area (Å²) in [4.78, 5) is 25.3. The topological polar surface area (TPSA) is 43.4 Å². The fourth-order valence-electron chi connectivity index (χ4n) is 3.97. The molecular weight excluding hydrogens is 299 g/mol. The van der Waals surface area contributed by atoms with Crippen molar-refractivity contribution in [2.24, 2.45) is 11.8 Å². The molecule has 0 radical (unpaired) electrons. The molecule has 5 atom stereocenters. The van der Waals surface area contributed by atoms with E-state index in [0.29, 0.717) is 15.6 Å². The summed E-state index contributed by atoms with van der Waals surface area (Å²) in [5, 5.41) is 0.913. The third-order valence-electron chi connectivity index (χ3n) is 4.77. The maximum atomic E-state index is 12.6. The SMILES string of the molecule is O=C1C(c2cc(Cl)ccc2Cl)C(=O)[C@H]2[C@@H]1[C@@H]1CC[C@H]2O1. The van der Waals surface area contributed by atoms with E-state index in [1.165, 1.54) is 0 Å². The molecule has 3 nitrogen and oxygen atoms in total. The van der Waals surface area contributed by atoms with E-state index in [2.05, 4.69) is 0 Å². The average molecular weight is 311 g/mol. The number of ether oxygens (including phenoxy) is 1. The summed E-state index contributed by atoms with van der Waals surface area (Å²) in [6.07, 6.45) is 1.59. The minimum Gasteiger partial charge on any atom is -0.373 e. The maximum absolute atomic E-state index is 12.6. The lowest BCUT2D eigenvalue weighted by molar-refractivity contribution is -0.127. The Morgan fingerprint density at radius 2 is 1.60 bits per heavy atom. The van der Waals surface area contributed by atoms with E-state index < -0.39 is 5.92 Å². The lowest BCUT2D eigenvalue weighted by Crippen LogP contribution is -2.29. The summed E-state index contributed by atoms with van der Waals surface area (Å²) in [5.74, 6) is -1.40. The molecule has 3 fully saturated rings. The first-order chi connectivity index (χ1) is 9.58. The van der Waals surface area contributed by atoms with Gasteiger partial charge in [0.2, 0.25) is 0 Å². The monoisotopic (exact) mass is 310 g/mol. The van der Waals surface area contributed by atoms with Gasteiger partial charge < -0.3 is 4.74 Å². The van der Waals surface area contributed by atoms with E-state index in [0.717, 1.165) is 12.8 Å². The number of rotatable bonds is 1. The molecule has 1 aromatic carbocycles. The molecule has 4 rings (SSSR count). The second kappa shape index (κ2) is 4.30.